The largest absolute Gasteiger partial charge is 0.340 e. The van der Waals surface area contributed by atoms with Crippen molar-refractivity contribution in [2.45, 2.75) is 12.3 Å². The molecule has 0 spiro atoms. The minimum Gasteiger partial charge on any atom is -0.340 e. The molecule has 1 heterocycles. The summed E-state index contributed by atoms with van der Waals surface area (Å²) >= 11 is 3.59. The molecule has 1 amide bonds. The molecule has 0 unspecified atom stereocenters. The Morgan fingerprint density at radius 1 is 1.21 bits per heavy atom. The van der Waals surface area contributed by atoms with Crippen molar-refractivity contribution in [2.75, 3.05) is 33.2 Å². The van der Waals surface area contributed by atoms with Crippen LogP contribution in [-0.4, -0.2) is 48.9 Å². The van der Waals surface area contributed by atoms with Crippen molar-refractivity contribution in [1.82, 2.24) is 9.80 Å². The van der Waals surface area contributed by atoms with E-state index in [1.807, 2.05) is 11.0 Å². The zero-order chi connectivity index (χ0) is 13.4. The molecule has 0 aromatic heterocycles. The molecule has 1 saturated carbocycles. The number of carbonyl (C=O) groups is 1. The average Bonchev–Trinajstić information content (AvgIpc) is 3.19. The Balaban J connectivity index is 1.63. The molecule has 19 heavy (non-hydrogen) atoms. The predicted octanol–water partition coefficient (Wildman–Crippen LogP) is 2.33. The van der Waals surface area contributed by atoms with Gasteiger partial charge in [0.05, 0.1) is 0 Å². The first kappa shape index (κ1) is 13.1. The lowest BCUT2D eigenvalue weighted by Gasteiger charge is -2.32. The molecule has 1 aliphatic heterocycles. The molecule has 3 nitrogen and oxygen atoms in total. The Labute approximate surface area is 122 Å². The highest BCUT2D eigenvalue weighted by atomic mass is 79.9. The standard InChI is InChI=1S/C15H19BrN2O/c1-17-6-8-18(9-7-17)15(19)13-10-12(13)11-4-2-3-5-14(11)16/h2-5,12-13H,6-10H2,1H3/t12-,13+/m0/s1. The second-order valence-corrected chi connectivity index (χ2v) is 6.45. The second kappa shape index (κ2) is 5.25. The molecule has 0 radical (unpaired) electrons. The Morgan fingerprint density at radius 3 is 2.58 bits per heavy atom. The van der Waals surface area contributed by atoms with Gasteiger partial charge in [-0.3, -0.25) is 4.79 Å². The van der Waals surface area contributed by atoms with Gasteiger partial charge in [0.25, 0.3) is 0 Å². The van der Waals surface area contributed by atoms with E-state index in [9.17, 15) is 4.79 Å². The van der Waals surface area contributed by atoms with E-state index in [2.05, 4.69) is 46.1 Å². The van der Waals surface area contributed by atoms with Crippen molar-refractivity contribution < 1.29 is 4.79 Å². The number of hydrogen-bond donors (Lipinski definition) is 0. The van der Waals surface area contributed by atoms with Crippen molar-refractivity contribution in [3.8, 4) is 0 Å². The lowest BCUT2D eigenvalue weighted by atomic mass is 10.1. The Kier molecular flexibility index (Phi) is 3.63. The van der Waals surface area contributed by atoms with E-state index in [0.717, 1.165) is 37.1 Å². The summed E-state index contributed by atoms with van der Waals surface area (Å²) in [5, 5.41) is 0. The first-order valence-electron chi connectivity index (χ1n) is 6.88. The van der Waals surface area contributed by atoms with E-state index >= 15 is 0 Å². The van der Waals surface area contributed by atoms with Gasteiger partial charge in [0.2, 0.25) is 5.91 Å². The van der Waals surface area contributed by atoms with Gasteiger partial charge in [0.15, 0.2) is 0 Å². The van der Waals surface area contributed by atoms with Crippen LogP contribution in [0.5, 0.6) is 0 Å². The van der Waals surface area contributed by atoms with Gasteiger partial charge in [-0.05, 0) is 31.0 Å². The molecule has 0 bridgehead atoms. The molecule has 2 aliphatic rings. The summed E-state index contributed by atoms with van der Waals surface area (Å²) in [6.45, 7) is 3.76. The van der Waals surface area contributed by atoms with Gasteiger partial charge in [-0.15, -0.1) is 0 Å². The Bertz CT molecular complexity index is 483. The van der Waals surface area contributed by atoms with E-state index in [4.69, 9.17) is 0 Å². The highest BCUT2D eigenvalue weighted by Crippen LogP contribution is 2.50. The first-order valence-corrected chi connectivity index (χ1v) is 7.68. The lowest BCUT2D eigenvalue weighted by Crippen LogP contribution is -2.47. The fourth-order valence-electron chi connectivity index (χ4n) is 2.85. The minimum atomic E-state index is 0.210. The van der Waals surface area contributed by atoms with E-state index < -0.39 is 0 Å². The normalized spacial score (nSPS) is 27.4. The highest BCUT2D eigenvalue weighted by Gasteiger charge is 2.46. The maximum atomic E-state index is 12.5. The SMILES string of the molecule is CN1CCN(C(=O)[C@@H]2C[C@H]2c2ccccc2Br)CC1. The van der Waals surface area contributed by atoms with Crippen LogP contribution in [0.15, 0.2) is 28.7 Å². The zero-order valence-corrected chi connectivity index (χ0v) is 12.8. The summed E-state index contributed by atoms with van der Waals surface area (Å²) in [5.74, 6) is 0.985. The van der Waals surface area contributed by atoms with Crippen molar-refractivity contribution in [2.24, 2.45) is 5.92 Å². The van der Waals surface area contributed by atoms with Gasteiger partial charge < -0.3 is 9.80 Å². The molecule has 4 heteroatoms. The van der Waals surface area contributed by atoms with Crippen LogP contribution in [-0.2, 0) is 4.79 Å². The monoisotopic (exact) mass is 322 g/mol. The van der Waals surface area contributed by atoms with Crippen molar-refractivity contribution in [3.63, 3.8) is 0 Å². The lowest BCUT2D eigenvalue weighted by molar-refractivity contribution is -0.134. The third kappa shape index (κ3) is 2.70. The summed E-state index contributed by atoms with van der Waals surface area (Å²) in [5.41, 5.74) is 1.29. The number of halogens is 1. The molecular formula is C15H19BrN2O. The van der Waals surface area contributed by atoms with Gasteiger partial charge in [0, 0.05) is 36.6 Å². The van der Waals surface area contributed by atoms with Crippen LogP contribution in [0.4, 0.5) is 0 Å². The molecule has 1 saturated heterocycles. The van der Waals surface area contributed by atoms with Crippen LogP contribution in [0.2, 0.25) is 0 Å². The number of carbonyl (C=O) groups excluding carboxylic acids is 1. The molecule has 1 aromatic rings. The number of amides is 1. The average molecular weight is 323 g/mol. The number of rotatable bonds is 2. The molecular weight excluding hydrogens is 304 g/mol. The van der Waals surface area contributed by atoms with Gasteiger partial charge in [-0.2, -0.15) is 0 Å². The quantitative estimate of drug-likeness (QED) is 0.834. The van der Waals surface area contributed by atoms with E-state index in [-0.39, 0.29) is 5.92 Å². The van der Waals surface area contributed by atoms with Crippen molar-refractivity contribution in [1.29, 1.82) is 0 Å². The highest BCUT2D eigenvalue weighted by molar-refractivity contribution is 9.10. The summed E-state index contributed by atoms with van der Waals surface area (Å²) < 4.78 is 1.13. The summed E-state index contributed by atoms with van der Waals surface area (Å²) in [6, 6.07) is 8.26. The van der Waals surface area contributed by atoms with Gasteiger partial charge in [-0.25, -0.2) is 0 Å². The molecule has 1 aromatic carbocycles. The minimum absolute atomic E-state index is 0.210. The maximum Gasteiger partial charge on any atom is 0.226 e. The Morgan fingerprint density at radius 2 is 1.89 bits per heavy atom. The zero-order valence-electron chi connectivity index (χ0n) is 11.2. The van der Waals surface area contributed by atoms with Gasteiger partial charge in [0.1, 0.15) is 0 Å². The molecule has 2 atom stereocenters. The molecule has 2 fully saturated rings. The molecule has 3 rings (SSSR count). The number of benzene rings is 1. The third-order valence-corrected chi connectivity index (χ3v) is 4.95. The summed E-state index contributed by atoms with van der Waals surface area (Å²) in [4.78, 5) is 16.8. The first-order chi connectivity index (χ1) is 9.16. The van der Waals surface area contributed by atoms with E-state index in [1.54, 1.807) is 0 Å². The van der Waals surface area contributed by atoms with Crippen LogP contribution in [0.1, 0.15) is 17.9 Å². The number of hydrogen-bond acceptors (Lipinski definition) is 2. The molecule has 1 aliphatic carbocycles. The fraction of sp³-hybridized carbons (Fsp3) is 0.533. The van der Waals surface area contributed by atoms with E-state index in [0.29, 0.717) is 11.8 Å². The van der Waals surface area contributed by atoms with Crippen LogP contribution >= 0.6 is 15.9 Å². The van der Waals surface area contributed by atoms with E-state index in [1.165, 1.54) is 5.56 Å². The second-order valence-electron chi connectivity index (χ2n) is 5.60. The molecule has 0 N–H and O–H groups in total. The van der Waals surface area contributed by atoms with Crippen LogP contribution < -0.4 is 0 Å². The maximum absolute atomic E-state index is 12.5. The molecule has 102 valence electrons. The van der Waals surface area contributed by atoms with Crippen molar-refractivity contribution in [3.05, 3.63) is 34.3 Å². The summed E-state index contributed by atoms with van der Waals surface area (Å²) in [6.07, 6.45) is 1.01. The summed E-state index contributed by atoms with van der Waals surface area (Å²) in [7, 11) is 2.11. The smallest absolute Gasteiger partial charge is 0.226 e. The number of piperazine rings is 1. The van der Waals surface area contributed by atoms with Crippen LogP contribution in [0.25, 0.3) is 0 Å². The predicted molar refractivity (Wildman–Crippen MR) is 79.1 cm³/mol. The van der Waals surface area contributed by atoms with Gasteiger partial charge in [-0.1, -0.05) is 34.1 Å². The van der Waals surface area contributed by atoms with Gasteiger partial charge >= 0.3 is 0 Å². The number of nitrogens with zero attached hydrogens (tertiary/aromatic N) is 2. The fourth-order valence-corrected chi connectivity index (χ4v) is 3.43. The number of likely N-dealkylation sites (N-methyl/N-ethyl adjacent to an activating group) is 1. The van der Waals surface area contributed by atoms with Crippen LogP contribution in [0, 0.1) is 5.92 Å². The topological polar surface area (TPSA) is 23.6 Å². The van der Waals surface area contributed by atoms with Crippen molar-refractivity contribution >= 4 is 21.8 Å². The van der Waals surface area contributed by atoms with Crippen LogP contribution in [0.3, 0.4) is 0 Å². The Hall–Kier alpha value is -0.870. The third-order valence-electron chi connectivity index (χ3n) is 4.23.